The molecule has 0 bridgehead atoms. The van der Waals surface area contributed by atoms with Gasteiger partial charge in [-0.05, 0) is 12.3 Å². The fourth-order valence-corrected chi connectivity index (χ4v) is 1.33. The lowest BCUT2D eigenvalue weighted by molar-refractivity contribution is -0.138. The monoisotopic (exact) mass is 243 g/mol. The van der Waals surface area contributed by atoms with Crippen LogP contribution in [0.25, 0.3) is 0 Å². The van der Waals surface area contributed by atoms with Crippen molar-refractivity contribution in [2.75, 3.05) is 5.32 Å². The molecule has 0 saturated heterocycles. The molecule has 2 N–H and O–H groups in total. The molecule has 0 radical (unpaired) electrons. The van der Waals surface area contributed by atoms with Crippen molar-refractivity contribution in [1.29, 1.82) is 0 Å². The Morgan fingerprint density at radius 2 is 2.06 bits per heavy atom. The quantitative estimate of drug-likeness (QED) is 0.828. The number of anilines is 1. The van der Waals surface area contributed by atoms with E-state index >= 15 is 0 Å². The Bertz CT molecular complexity index is 354. The van der Waals surface area contributed by atoms with E-state index in [1.807, 2.05) is 13.8 Å². The number of aliphatic carboxylic acids is 1. The molecule has 0 spiro atoms. The number of carboxylic acid groups (broad SMARTS) is 1. The number of carbonyl (C=O) groups is 1. The lowest BCUT2D eigenvalue weighted by Crippen LogP contribution is -2.31. The summed E-state index contributed by atoms with van der Waals surface area (Å²) in [5.41, 5.74) is 0. The van der Waals surface area contributed by atoms with Gasteiger partial charge in [0.2, 0.25) is 5.95 Å². The maximum Gasteiger partial charge on any atom is 0.326 e. The minimum Gasteiger partial charge on any atom is -0.480 e. The smallest absolute Gasteiger partial charge is 0.326 e. The summed E-state index contributed by atoms with van der Waals surface area (Å²) < 4.78 is 0. The highest BCUT2D eigenvalue weighted by Crippen LogP contribution is 2.11. The van der Waals surface area contributed by atoms with E-state index < -0.39 is 12.0 Å². The number of rotatable bonds is 5. The molecule has 88 valence electrons. The molecule has 6 heteroatoms. The summed E-state index contributed by atoms with van der Waals surface area (Å²) in [6.07, 6.45) is 3.36. The van der Waals surface area contributed by atoms with E-state index in [1.54, 1.807) is 0 Å². The Hall–Kier alpha value is -1.36. The zero-order valence-electron chi connectivity index (χ0n) is 9.14. The highest BCUT2D eigenvalue weighted by Gasteiger charge is 2.19. The van der Waals surface area contributed by atoms with Gasteiger partial charge in [-0.3, -0.25) is 0 Å². The van der Waals surface area contributed by atoms with Crippen LogP contribution < -0.4 is 5.32 Å². The van der Waals surface area contributed by atoms with Crippen molar-refractivity contribution in [3.8, 4) is 0 Å². The number of halogens is 1. The number of nitrogens with one attached hydrogen (secondary N) is 1. The van der Waals surface area contributed by atoms with Gasteiger partial charge in [0.25, 0.3) is 0 Å². The van der Waals surface area contributed by atoms with Crippen molar-refractivity contribution in [1.82, 2.24) is 9.97 Å². The first kappa shape index (κ1) is 12.7. The van der Waals surface area contributed by atoms with Crippen LogP contribution >= 0.6 is 11.6 Å². The van der Waals surface area contributed by atoms with Gasteiger partial charge >= 0.3 is 5.97 Å². The molecule has 0 aliphatic heterocycles. The zero-order valence-corrected chi connectivity index (χ0v) is 9.90. The summed E-state index contributed by atoms with van der Waals surface area (Å²) in [4.78, 5) is 18.7. The topological polar surface area (TPSA) is 75.1 Å². The largest absolute Gasteiger partial charge is 0.480 e. The Kier molecular flexibility index (Phi) is 4.49. The maximum atomic E-state index is 11.0. The van der Waals surface area contributed by atoms with Crippen molar-refractivity contribution in [2.24, 2.45) is 5.92 Å². The minimum absolute atomic E-state index is 0.275. The summed E-state index contributed by atoms with van der Waals surface area (Å²) in [7, 11) is 0. The van der Waals surface area contributed by atoms with E-state index in [0.717, 1.165) is 0 Å². The highest BCUT2D eigenvalue weighted by molar-refractivity contribution is 6.30. The first-order valence-corrected chi connectivity index (χ1v) is 5.33. The molecule has 0 aliphatic rings. The second kappa shape index (κ2) is 5.65. The van der Waals surface area contributed by atoms with E-state index in [4.69, 9.17) is 16.7 Å². The van der Waals surface area contributed by atoms with E-state index in [-0.39, 0.29) is 11.9 Å². The molecule has 5 nitrogen and oxygen atoms in total. The van der Waals surface area contributed by atoms with Crippen LogP contribution in [0, 0.1) is 5.92 Å². The van der Waals surface area contributed by atoms with Crippen molar-refractivity contribution >= 4 is 23.5 Å². The molecular formula is C10H14ClN3O2. The Morgan fingerprint density at radius 1 is 1.50 bits per heavy atom. The standard InChI is InChI=1S/C10H14ClN3O2/c1-6(2)3-8(9(15)16)14-10-12-4-7(11)5-13-10/h4-6,8H,3H2,1-2H3,(H,15,16)(H,12,13,14)/t8-/m1/s1. The third-order valence-corrected chi connectivity index (χ3v) is 2.12. The predicted molar refractivity (Wildman–Crippen MR) is 61.5 cm³/mol. The fraction of sp³-hybridized carbons (Fsp3) is 0.500. The van der Waals surface area contributed by atoms with Crippen LogP contribution in [0.5, 0.6) is 0 Å². The summed E-state index contributed by atoms with van der Waals surface area (Å²) in [6, 6.07) is -0.679. The summed E-state index contributed by atoms with van der Waals surface area (Å²) >= 11 is 5.63. The fourth-order valence-electron chi connectivity index (χ4n) is 1.24. The third-order valence-electron chi connectivity index (χ3n) is 1.93. The second-order valence-corrected chi connectivity index (χ2v) is 4.33. The molecule has 1 heterocycles. The molecule has 16 heavy (non-hydrogen) atoms. The average Bonchev–Trinajstić information content (AvgIpc) is 2.19. The van der Waals surface area contributed by atoms with Crippen LogP contribution in [0.15, 0.2) is 12.4 Å². The van der Waals surface area contributed by atoms with Crippen molar-refractivity contribution in [2.45, 2.75) is 26.3 Å². The van der Waals surface area contributed by atoms with Gasteiger partial charge in [0.1, 0.15) is 6.04 Å². The Morgan fingerprint density at radius 3 is 2.50 bits per heavy atom. The molecule has 1 aromatic heterocycles. The van der Waals surface area contributed by atoms with Crippen LogP contribution in [-0.2, 0) is 4.79 Å². The molecule has 0 saturated carbocycles. The van der Waals surface area contributed by atoms with Gasteiger partial charge in [-0.15, -0.1) is 0 Å². The van der Waals surface area contributed by atoms with E-state index in [1.165, 1.54) is 12.4 Å². The van der Waals surface area contributed by atoms with Crippen LogP contribution in [0.2, 0.25) is 5.02 Å². The van der Waals surface area contributed by atoms with Crippen LogP contribution in [0.3, 0.4) is 0 Å². The number of hydrogen-bond acceptors (Lipinski definition) is 4. The van der Waals surface area contributed by atoms with Gasteiger partial charge < -0.3 is 10.4 Å². The first-order valence-electron chi connectivity index (χ1n) is 4.96. The SMILES string of the molecule is CC(C)C[C@@H](Nc1ncc(Cl)cn1)C(=O)O. The van der Waals surface area contributed by atoms with Gasteiger partial charge in [0, 0.05) is 0 Å². The second-order valence-electron chi connectivity index (χ2n) is 3.89. The van der Waals surface area contributed by atoms with E-state index in [2.05, 4.69) is 15.3 Å². The van der Waals surface area contributed by atoms with Crippen molar-refractivity contribution in [3.05, 3.63) is 17.4 Å². The molecule has 1 rings (SSSR count). The third kappa shape index (κ3) is 4.02. The molecule has 0 aliphatic carbocycles. The maximum absolute atomic E-state index is 11.0. The first-order chi connectivity index (χ1) is 7.49. The molecule has 1 aromatic rings. The molecule has 1 atom stereocenters. The van der Waals surface area contributed by atoms with Gasteiger partial charge in [0.05, 0.1) is 17.4 Å². The number of carboxylic acids is 1. The van der Waals surface area contributed by atoms with Gasteiger partial charge in [0.15, 0.2) is 0 Å². The molecule has 0 unspecified atom stereocenters. The van der Waals surface area contributed by atoms with Gasteiger partial charge in [-0.1, -0.05) is 25.4 Å². The van der Waals surface area contributed by atoms with Gasteiger partial charge in [-0.25, -0.2) is 14.8 Å². The number of hydrogen-bond donors (Lipinski definition) is 2. The van der Waals surface area contributed by atoms with Crippen LogP contribution in [-0.4, -0.2) is 27.1 Å². The highest BCUT2D eigenvalue weighted by atomic mass is 35.5. The molecule has 0 amide bonds. The number of aromatic nitrogens is 2. The minimum atomic E-state index is -0.910. The van der Waals surface area contributed by atoms with Crippen LogP contribution in [0.4, 0.5) is 5.95 Å². The number of nitrogens with zero attached hydrogens (tertiary/aromatic N) is 2. The van der Waals surface area contributed by atoms with E-state index in [9.17, 15) is 4.79 Å². The normalized spacial score (nSPS) is 12.5. The zero-order chi connectivity index (χ0) is 12.1. The summed E-state index contributed by atoms with van der Waals surface area (Å²) in [6.45, 7) is 3.92. The summed E-state index contributed by atoms with van der Waals surface area (Å²) in [5.74, 6) is -0.356. The Balaban J connectivity index is 2.68. The van der Waals surface area contributed by atoms with Crippen molar-refractivity contribution in [3.63, 3.8) is 0 Å². The lowest BCUT2D eigenvalue weighted by Gasteiger charge is -2.15. The van der Waals surface area contributed by atoms with Crippen LogP contribution in [0.1, 0.15) is 20.3 Å². The molecular weight excluding hydrogens is 230 g/mol. The van der Waals surface area contributed by atoms with E-state index in [0.29, 0.717) is 11.4 Å². The summed E-state index contributed by atoms with van der Waals surface area (Å²) in [5, 5.41) is 12.2. The molecule has 0 aromatic carbocycles. The lowest BCUT2D eigenvalue weighted by atomic mass is 10.0. The van der Waals surface area contributed by atoms with Gasteiger partial charge in [-0.2, -0.15) is 0 Å². The van der Waals surface area contributed by atoms with Crippen molar-refractivity contribution < 1.29 is 9.90 Å². The predicted octanol–water partition coefficient (Wildman–Crippen LogP) is 2.04. The Labute approximate surface area is 98.9 Å². The molecule has 0 fully saturated rings. The average molecular weight is 244 g/mol.